The van der Waals surface area contributed by atoms with Crippen LogP contribution in [0.15, 0.2) is 58.1 Å². The normalized spacial score (nSPS) is 14.7. The van der Waals surface area contributed by atoms with Gasteiger partial charge in [-0.1, -0.05) is 29.8 Å². The maximum atomic E-state index is 13.4. The van der Waals surface area contributed by atoms with E-state index in [4.69, 9.17) is 16.3 Å². The van der Waals surface area contributed by atoms with Crippen LogP contribution >= 0.6 is 11.6 Å². The van der Waals surface area contributed by atoms with Crippen molar-refractivity contribution >= 4 is 23.1 Å². The lowest BCUT2D eigenvalue weighted by Gasteiger charge is -2.26. The van der Waals surface area contributed by atoms with Crippen molar-refractivity contribution in [2.24, 2.45) is 7.05 Å². The average Bonchev–Trinajstić information content (AvgIpc) is 3.17. The minimum absolute atomic E-state index is 0.0443. The van der Waals surface area contributed by atoms with Crippen LogP contribution < -0.4 is 30.9 Å². The van der Waals surface area contributed by atoms with E-state index in [9.17, 15) is 23.5 Å². The standard InChI is InChI=1S/C23H23ClF2N4O5/c1-28-19-18(20(32)29(23(28)33)10-3-11-31)30(13-14-6-8-15(24)9-7-14)22(27-19)35-17-5-2-4-16(12-17)34-21(25)26/h2,4-9,12,21-22,27,31H,3,10-11,13H2,1H3. The van der Waals surface area contributed by atoms with Crippen LogP contribution in [-0.2, 0) is 20.1 Å². The molecule has 0 bridgehead atoms. The van der Waals surface area contributed by atoms with Gasteiger partial charge in [-0.25, -0.2) is 4.79 Å². The molecule has 2 N–H and O–H groups in total. The summed E-state index contributed by atoms with van der Waals surface area (Å²) in [6.45, 7) is -2.92. The quantitative estimate of drug-likeness (QED) is 0.458. The molecule has 1 unspecified atom stereocenters. The lowest BCUT2D eigenvalue weighted by atomic mass is 10.2. The summed E-state index contributed by atoms with van der Waals surface area (Å²) in [4.78, 5) is 27.8. The van der Waals surface area contributed by atoms with Crippen LogP contribution in [0.1, 0.15) is 12.0 Å². The third-order valence-corrected chi connectivity index (χ3v) is 5.69. The number of anilines is 2. The maximum Gasteiger partial charge on any atom is 0.387 e. The molecule has 3 aromatic rings. The molecule has 0 amide bonds. The largest absolute Gasteiger partial charge is 0.452 e. The molecule has 1 aromatic heterocycles. The van der Waals surface area contributed by atoms with Gasteiger partial charge in [0.05, 0.1) is 0 Å². The molecule has 0 aliphatic carbocycles. The maximum absolute atomic E-state index is 13.4. The van der Waals surface area contributed by atoms with E-state index < -0.39 is 24.2 Å². The highest BCUT2D eigenvalue weighted by molar-refractivity contribution is 6.30. The first-order valence-corrected chi connectivity index (χ1v) is 11.1. The van der Waals surface area contributed by atoms with Crippen molar-refractivity contribution in [2.75, 3.05) is 16.8 Å². The van der Waals surface area contributed by atoms with Crippen LogP contribution in [0.4, 0.5) is 20.3 Å². The zero-order valence-corrected chi connectivity index (χ0v) is 19.4. The minimum atomic E-state index is -2.99. The highest BCUT2D eigenvalue weighted by atomic mass is 35.5. The van der Waals surface area contributed by atoms with E-state index >= 15 is 0 Å². The summed E-state index contributed by atoms with van der Waals surface area (Å²) in [5.41, 5.74) is -0.0828. The second-order valence-corrected chi connectivity index (χ2v) is 8.23. The van der Waals surface area contributed by atoms with Crippen molar-refractivity contribution in [3.63, 3.8) is 0 Å². The molecule has 2 heterocycles. The lowest BCUT2D eigenvalue weighted by Crippen LogP contribution is -2.43. The smallest absolute Gasteiger partial charge is 0.387 e. The zero-order chi connectivity index (χ0) is 25.1. The number of rotatable bonds is 9. The van der Waals surface area contributed by atoms with Crippen molar-refractivity contribution in [1.82, 2.24) is 9.13 Å². The van der Waals surface area contributed by atoms with Crippen LogP contribution in [-0.4, -0.2) is 33.8 Å². The molecule has 1 aliphatic heterocycles. The Morgan fingerprint density at radius 3 is 2.54 bits per heavy atom. The fraction of sp³-hybridized carbons (Fsp3) is 0.304. The first-order chi connectivity index (χ1) is 16.8. The van der Waals surface area contributed by atoms with Crippen molar-refractivity contribution in [2.45, 2.75) is 32.5 Å². The predicted octanol–water partition coefficient (Wildman–Crippen LogP) is 2.98. The molecule has 35 heavy (non-hydrogen) atoms. The number of aromatic nitrogens is 2. The van der Waals surface area contributed by atoms with Crippen LogP contribution in [0.25, 0.3) is 0 Å². The molecular weight excluding hydrogens is 486 g/mol. The van der Waals surface area contributed by atoms with Gasteiger partial charge in [0.2, 0.25) is 0 Å². The zero-order valence-electron chi connectivity index (χ0n) is 18.7. The Labute approximate surface area is 203 Å². The fourth-order valence-electron chi connectivity index (χ4n) is 3.81. The summed E-state index contributed by atoms with van der Waals surface area (Å²) in [6, 6.07) is 12.7. The van der Waals surface area contributed by atoms with Gasteiger partial charge in [-0.2, -0.15) is 8.78 Å². The van der Waals surface area contributed by atoms with E-state index in [1.807, 2.05) is 0 Å². The molecular formula is C23H23ClF2N4O5. The number of ether oxygens (including phenoxy) is 2. The number of halogens is 3. The Kier molecular flexibility index (Phi) is 7.27. The molecule has 0 spiro atoms. The number of fused-ring (bicyclic) bond motifs is 1. The minimum Gasteiger partial charge on any atom is -0.452 e. The monoisotopic (exact) mass is 508 g/mol. The Hall–Kier alpha value is -3.57. The number of benzene rings is 2. The van der Waals surface area contributed by atoms with Gasteiger partial charge in [0, 0.05) is 37.8 Å². The number of alkyl halides is 2. The number of aliphatic hydroxyl groups is 1. The van der Waals surface area contributed by atoms with Gasteiger partial charge in [-0.3, -0.25) is 13.9 Å². The molecule has 1 aliphatic rings. The van der Waals surface area contributed by atoms with Crippen molar-refractivity contribution in [3.05, 3.63) is 80.0 Å². The Bertz CT molecular complexity index is 1310. The third kappa shape index (κ3) is 5.25. The second kappa shape index (κ2) is 10.4. The van der Waals surface area contributed by atoms with E-state index in [0.29, 0.717) is 5.02 Å². The highest BCUT2D eigenvalue weighted by Crippen LogP contribution is 2.33. The van der Waals surface area contributed by atoms with Crippen LogP contribution in [0.5, 0.6) is 11.5 Å². The molecule has 0 saturated carbocycles. The third-order valence-electron chi connectivity index (χ3n) is 5.44. The summed E-state index contributed by atoms with van der Waals surface area (Å²) >= 11 is 6.00. The van der Waals surface area contributed by atoms with E-state index in [2.05, 4.69) is 10.1 Å². The Balaban J connectivity index is 1.75. The summed E-state index contributed by atoms with van der Waals surface area (Å²) in [5, 5.41) is 12.8. The summed E-state index contributed by atoms with van der Waals surface area (Å²) in [6.07, 6.45) is -0.718. The topological polar surface area (TPSA) is 98.0 Å². The lowest BCUT2D eigenvalue weighted by molar-refractivity contribution is -0.0499. The van der Waals surface area contributed by atoms with Crippen molar-refractivity contribution < 1.29 is 23.4 Å². The van der Waals surface area contributed by atoms with Crippen molar-refractivity contribution in [3.8, 4) is 11.5 Å². The summed E-state index contributed by atoms with van der Waals surface area (Å²) in [5.74, 6) is 0.371. The Morgan fingerprint density at radius 2 is 1.86 bits per heavy atom. The average molecular weight is 509 g/mol. The van der Waals surface area contributed by atoms with Gasteiger partial charge in [-0.15, -0.1) is 0 Å². The van der Waals surface area contributed by atoms with E-state index in [1.54, 1.807) is 35.2 Å². The van der Waals surface area contributed by atoms with Gasteiger partial charge in [-0.05, 0) is 36.2 Å². The van der Waals surface area contributed by atoms with Gasteiger partial charge < -0.3 is 24.8 Å². The molecule has 1 atom stereocenters. The number of aliphatic hydroxyl groups excluding tert-OH is 1. The molecule has 0 fully saturated rings. The van der Waals surface area contributed by atoms with Gasteiger partial charge in [0.15, 0.2) is 0 Å². The van der Waals surface area contributed by atoms with E-state index in [-0.39, 0.29) is 49.1 Å². The molecule has 2 aromatic carbocycles. The second-order valence-electron chi connectivity index (χ2n) is 7.80. The SMILES string of the molecule is Cn1c2c(c(=O)n(CCCO)c1=O)N(Cc1ccc(Cl)cc1)C(Oc1cccc(OC(F)F)c1)N2. The fourth-order valence-corrected chi connectivity index (χ4v) is 3.93. The van der Waals surface area contributed by atoms with Crippen LogP contribution in [0, 0.1) is 0 Å². The number of hydrogen-bond donors (Lipinski definition) is 2. The van der Waals surface area contributed by atoms with Gasteiger partial charge in [0.1, 0.15) is 23.0 Å². The van der Waals surface area contributed by atoms with Crippen molar-refractivity contribution in [1.29, 1.82) is 0 Å². The van der Waals surface area contributed by atoms with Crippen LogP contribution in [0.2, 0.25) is 5.02 Å². The number of nitrogens with one attached hydrogen (secondary N) is 1. The molecule has 186 valence electrons. The highest BCUT2D eigenvalue weighted by Gasteiger charge is 2.36. The summed E-state index contributed by atoms with van der Waals surface area (Å²) < 4.78 is 38.1. The first-order valence-electron chi connectivity index (χ1n) is 10.7. The summed E-state index contributed by atoms with van der Waals surface area (Å²) in [7, 11) is 1.52. The predicted molar refractivity (Wildman–Crippen MR) is 126 cm³/mol. The molecule has 0 radical (unpaired) electrons. The van der Waals surface area contributed by atoms with Gasteiger partial charge >= 0.3 is 12.3 Å². The Morgan fingerprint density at radius 1 is 1.14 bits per heavy atom. The van der Waals surface area contributed by atoms with Crippen LogP contribution in [0.3, 0.4) is 0 Å². The van der Waals surface area contributed by atoms with E-state index in [0.717, 1.165) is 10.1 Å². The molecule has 4 rings (SSSR count). The van der Waals surface area contributed by atoms with E-state index in [1.165, 1.54) is 29.8 Å². The van der Waals surface area contributed by atoms with Gasteiger partial charge in [0.25, 0.3) is 11.9 Å². The number of nitrogens with zero attached hydrogens (tertiary/aromatic N) is 3. The molecule has 12 heteroatoms. The first kappa shape index (κ1) is 24.6. The molecule has 9 nitrogen and oxygen atoms in total. The molecule has 0 saturated heterocycles. The number of hydrogen-bond acceptors (Lipinski definition) is 7.